The average Bonchev–Trinajstić information content (AvgIpc) is 3.43. The van der Waals surface area contributed by atoms with Crippen molar-refractivity contribution in [3.8, 4) is 11.1 Å². The van der Waals surface area contributed by atoms with Gasteiger partial charge in [0.2, 0.25) is 16.4 Å². The van der Waals surface area contributed by atoms with Gasteiger partial charge in [0.1, 0.15) is 11.5 Å². The van der Waals surface area contributed by atoms with Crippen LogP contribution < -0.4 is 9.62 Å². The smallest absolute Gasteiger partial charge is 0.232 e. The largest absolute Gasteiger partial charge is 0.346 e. The summed E-state index contributed by atoms with van der Waals surface area (Å²) in [6, 6.07) is 9.77. The molecule has 1 saturated carbocycles. The Hall–Kier alpha value is -2.87. The van der Waals surface area contributed by atoms with E-state index in [1.54, 1.807) is 11.0 Å². The van der Waals surface area contributed by atoms with Crippen molar-refractivity contribution in [3.63, 3.8) is 0 Å². The van der Waals surface area contributed by atoms with Crippen LogP contribution in [-0.2, 0) is 21.2 Å². The van der Waals surface area contributed by atoms with Gasteiger partial charge in [-0.2, -0.15) is 0 Å². The molecule has 8 heteroatoms. The molecule has 2 aromatic heterocycles. The Morgan fingerprint density at radius 3 is 2.67 bits per heavy atom. The number of carbonyl (C=O) groups excluding carboxylic acids is 1. The maximum Gasteiger partial charge on any atom is 0.232 e. The van der Waals surface area contributed by atoms with Crippen LogP contribution in [0, 0.1) is 0 Å². The van der Waals surface area contributed by atoms with Crippen molar-refractivity contribution in [1.29, 1.82) is 0 Å². The van der Waals surface area contributed by atoms with Crippen LogP contribution in [0.25, 0.3) is 22.2 Å². The van der Waals surface area contributed by atoms with Gasteiger partial charge < -0.3 is 4.98 Å². The number of aryl methyl sites for hydroxylation is 1. The predicted octanol–water partition coefficient (Wildman–Crippen LogP) is 4.07. The number of carbonyl (C=O) groups is 1. The van der Waals surface area contributed by atoms with Crippen molar-refractivity contribution in [1.82, 2.24) is 9.97 Å². The molecule has 4 rings (SSSR count). The fourth-order valence-electron chi connectivity index (χ4n) is 3.77. The van der Waals surface area contributed by atoms with Crippen molar-refractivity contribution >= 4 is 39.0 Å². The van der Waals surface area contributed by atoms with Crippen LogP contribution in [-0.4, -0.2) is 36.6 Å². The SMILES string of the molecule is CCCS(=O)(=O)Nc1ccc(-c2cc(N(C=O)C3CC3)nc3[nH]ccc23)c(CC)c1. The second kappa shape index (κ2) is 8.10. The molecular weight excluding hydrogens is 400 g/mol. The third-order valence-electron chi connectivity index (χ3n) is 5.36. The Morgan fingerprint density at radius 2 is 2.00 bits per heavy atom. The molecule has 1 amide bonds. The zero-order valence-electron chi connectivity index (χ0n) is 17.2. The van der Waals surface area contributed by atoms with Crippen molar-refractivity contribution in [2.75, 3.05) is 15.4 Å². The van der Waals surface area contributed by atoms with Crippen LogP contribution in [0.1, 0.15) is 38.7 Å². The summed E-state index contributed by atoms with van der Waals surface area (Å²) in [5, 5.41) is 0.967. The highest BCUT2D eigenvalue weighted by Gasteiger charge is 2.30. The number of amides is 1. The number of rotatable bonds is 9. The van der Waals surface area contributed by atoms with E-state index in [-0.39, 0.29) is 11.8 Å². The Morgan fingerprint density at radius 1 is 1.20 bits per heavy atom. The molecule has 7 nitrogen and oxygen atoms in total. The van der Waals surface area contributed by atoms with Gasteiger partial charge in [-0.1, -0.05) is 19.9 Å². The number of sulfonamides is 1. The Bertz CT molecular complexity index is 1180. The first-order valence-corrected chi connectivity index (χ1v) is 12.0. The van der Waals surface area contributed by atoms with Gasteiger partial charge in [0, 0.05) is 23.3 Å². The monoisotopic (exact) mass is 426 g/mol. The van der Waals surface area contributed by atoms with Gasteiger partial charge in [0.25, 0.3) is 0 Å². The van der Waals surface area contributed by atoms with E-state index in [1.807, 2.05) is 44.3 Å². The fraction of sp³-hybridized carbons (Fsp3) is 0.364. The number of nitrogens with zero attached hydrogens (tertiary/aromatic N) is 2. The van der Waals surface area contributed by atoms with Gasteiger partial charge in [-0.05, 0) is 66.6 Å². The molecule has 2 heterocycles. The minimum atomic E-state index is -3.35. The molecule has 0 aliphatic heterocycles. The van der Waals surface area contributed by atoms with E-state index in [4.69, 9.17) is 0 Å². The van der Waals surface area contributed by atoms with E-state index in [0.29, 0.717) is 17.9 Å². The minimum absolute atomic E-state index is 0.0938. The second-order valence-electron chi connectivity index (χ2n) is 7.66. The molecule has 0 spiro atoms. The molecule has 0 bridgehead atoms. The molecule has 0 saturated heterocycles. The van der Waals surface area contributed by atoms with E-state index >= 15 is 0 Å². The van der Waals surface area contributed by atoms with Gasteiger partial charge in [0.05, 0.1) is 5.75 Å². The van der Waals surface area contributed by atoms with Crippen LogP contribution in [0.15, 0.2) is 36.5 Å². The summed E-state index contributed by atoms with van der Waals surface area (Å²) in [4.78, 5) is 21.2. The quantitative estimate of drug-likeness (QED) is 0.504. The third kappa shape index (κ3) is 4.05. The summed E-state index contributed by atoms with van der Waals surface area (Å²) >= 11 is 0. The zero-order chi connectivity index (χ0) is 21.3. The Labute approximate surface area is 176 Å². The van der Waals surface area contributed by atoms with Crippen LogP contribution in [0.4, 0.5) is 11.5 Å². The summed E-state index contributed by atoms with van der Waals surface area (Å²) in [6.07, 6.45) is 5.98. The molecule has 1 aliphatic rings. The summed E-state index contributed by atoms with van der Waals surface area (Å²) in [7, 11) is -3.35. The van der Waals surface area contributed by atoms with Crippen LogP contribution in [0.3, 0.4) is 0 Å². The van der Waals surface area contributed by atoms with E-state index in [2.05, 4.69) is 14.7 Å². The maximum absolute atomic E-state index is 12.2. The molecular formula is C22H26N4O3S. The molecule has 158 valence electrons. The number of pyridine rings is 1. The van der Waals surface area contributed by atoms with Gasteiger partial charge >= 0.3 is 0 Å². The van der Waals surface area contributed by atoms with Crippen LogP contribution >= 0.6 is 0 Å². The Kier molecular flexibility index (Phi) is 5.51. The topological polar surface area (TPSA) is 95.2 Å². The molecule has 1 fully saturated rings. The number of nitrogens with one attached hydrogen (secondary N) is 2. The van der Waals surface area contributed by atoms with Crippen molar-refractivity contribution in [3.05, 3.63) is 42.1 Å². The lowest BCUT2D eigenvalue weighted by Gasteiger charge is -2.18. The summed E-state index contributed by atoms with van der Waals surface area (Å²) in [5.74, 6) is 0.726. The molecule has 0 unspecified atom stereocenters. The number of aromatic nitrogens is 2. The number of H-pyrrole nitrogens is 1. The average molecular weight is 427 g/mol. The van der Waals surface area contributed by atoms with E-state index in [0.717, 1.165) is 53.4 Å². The van der Waals surface area contributed by atoms with Crippen LogP contribution in [0.2, 0.25) is 0 Å². The van der Waals surface area contributed by atoms with Gasteiger partial charge in [-0.3, -0.25) is 14.4 Å². The lowest BCUT2D eigenvalue weighted by molar-refractivity contribution is -0.107. The van der Waals surface area contributed by atoms with Crippen molar-refractivity contribution in [2.45, 2.75) is 45.6 Å². The molecule has 3 aromatic rings. The van der Waals surface area contributed by atoms with Gasteiger partial charge in [0.15, 0.2) is 0 Å². The number of fused-ring (bicyclic) bond motifs is 1. The standard InChI is InChI=1S/C22H26N4O3S/c1-3-11-30(28,29)25-16-5-8-18(15(4-2)12-16)20-13-21(26(14-27)17-6-7-17)24-22-19(20)9-10-23-22/h5,8-10,12-14,17,25H,3-4,6-7,11H2,1-2H3,(H,23,24). The first-order chi connectivity index (χ1) is 14.5. The van der Waals surface area contributed by atoms with E-state index in [9.17, 15) is 13.2 Å². The van der Waals surface area contributed by atoms with E-state index in [1.165, 1.54) is 0 Å². The van der Waals surface area contributed by atoms with Gasteiger partial charge in [-0.15, -0.1) is 0 Å². The first kappa shape index (κ1) is 20.4. The summed E-state index contributed by atoms with van der Waals surface area (Å²) in [6.45, 7) is 3.88. The molecule has 30 heavy (non-hydrogen) atoms. The second-order valence-corrected chi connectivity index (χ2v) is 9.50. The van der Waals surface area contributed by atoms with E-state index < -0.39 is 10.0 Å². The highest BCUT2D eigenvalue weighted by molar-refractivity contribution is 7.92. The highest BCUT2D eigenvalue weighted by Crippen LogP contribution is 2.37. The zero-order valence-corrected chi connectivity index (χ0v) is 18.0. The molecule has 0 atom stereocenters. The normalized spacial score (nSPS) is 14.1. The Balaban J connectivity index is 1.79. The van der Waals surface area contributed by atoms with Gasteiger partial charge in [-0.25, -0.2) is 13.4 Å². The summed E-state index contributed by atoms with van der Waals surface area (Å²) < 4.78 is 27.0. The lowest BCUT2D eigenvalue weighted by atomic mass is 9.96. The predicted molar refractivity (Wildman–Crippen MR) is 120 cm³/mol. The number of hydrogen-bond acceptors (Lipinski definition) is 4. The molecule has 2 N–H and O–H groups in total. The highest BCUT2D eigenvalue weighted by atomic mass is 32.2. The fourth-order valence-corrected chi connectivity index (χ4v) is 4.90. The molecule has 0 radical (unpaired) electrons. The number of benzene rings is 1. The molecule has 1 aliphatic carbocycles. The maximum atomic E-state index is 12.2. The first-order valence-electron chi connectivity index (χ1n) is 10.3. The number of aromatic amines is 1. The number of anilines is 2. The van der Waals surface area contributed by atoms with Crippen LogP contribution in [0.5, 0.6) is 0 Å². The lowest BCUT2D eigenvalue weighted by Crippen LogP contribution is -2.24. The summed E-state index contributed by atoms with van der Waals surface area (Å²) in [5.41, 5.74) is 4.30. The minimum Gasteiger partial charge on any atom is -0.346 e. The van der Waals surface area contributed by atoms with Crippen molar-refractivity contribution in [2.24, 2.45) is 0 Å². The number of hydrogen-bond donors (Lipinski definition) is 2. The molecule has 1 aromatic carbocycles. The third-order valence-corrected chi connectivity index (χ3v) is 6.85. The van der Waals surface area contributed by atoms with Crippen molar-refractivity contribution < 1.29 is 13.2 Å².